The van der Waals surface area contributed by atoms with Gasteiger partial charge in [-0.2, -0.15) is 0 Å². The Kier molecular flexibility index (Phi) is 2.96. The van der Waals surface area contributed by atoms with Crippen LogP contribution in [-0.4, -0.2) is 19.1 Å². The lowest BCUT2D eigenvalue weighted by Crippen LogP contribution is -2.59. The molecule has 0 heterocycles. The Bertz CT molecular complexity index is 291. The molecule has 16 heavy (non-hydrogen) atoms. The second kappa shape index (κ2) is 3.88. The van der Waals surface area contributed by atoms with Gasteiger partial charge in [0.05, 0.1) is 12.5 Å². The first kappa shape index (κ1) is 12.2. The van der Waals surface area contributed by atoms with Crippen molar-refractivity contribution < 1.29 is 9.53 Å². The molecule has 0 aromatic rings. The summed E-state index contributed by atoms with van der Waals surface area (Å²) in [6.45, 7) is 0. The number of hydrogen-bond donors (Lipinski definition) is 1. The monoisotopic (exact) mass is 245 g/mol. The lowest BCUT2D eigenvalue weighted by molar-refractivity contribution is -0.169. The molecule has 4 fully saturated rings. The Balaban J connectivity index is 0.000000963. The number of rotatable bonds is 1. The average Bonchev–Trinajstić information content (AvgIpc) is 2.23. The third kappa shape index (κ3) is 1.48. The van der Waals surface area contributed by atoms with Gasteiger partial charge in [0, 0.05) is 6.04 Å². The summed E-state index contributed by atoms with van der Waals surface area (Å²) in [5, 5.41) is 0. The first-order valence-electron chi connectivity index (χ1n) is 5.98. The zero-order valence-corrected chi connectivity index (χ0v) is 10.5. The van der Waals surface area contributed by atoms with E-state index in [9.17, 15) is 4.79 Å². The Morgan fingerprint density at radius 2 is 1.81 bits per heavy atom. The molecule has 4 aliphatic carbocycles. The summed E-state index contributed by atoms with van der Waals surface area (Å²) in [6.07, 6.45) is 5.51. The molecule has 4 aliphatic rings. The second-order valence-electron chi connectivity index (χ2n) is 5.82. The molecule has 0 radical (unpaired) electrons. The third-order valence-corrected chi connectivity index (χ3v) is 4.96. The van der Waals surface area contributed by atoms with E-state index in [1.165, 1.54) is 20.0 Å². The van der Waals surface area contributed by atoms with Crippen LogP contribution in [0.5, 0.6) is 0 Å². The van der Waals surface area contributed by atoms with E-state index in [-0.39, 0.29) is 23.8 Å². The summed E-state index contributed by atoms with van der Waals surface area (Å²) in [5.74, 6) is 1.92. The number of carbonyl (C=O) groups excluding carboxylic acids is 1. The Hall–Kier alpha value is -0.280. The predicted molar refractivity (Wildman–Crippen MR) is 63.2 cm³/mol. The minimum Gasteiger partial charge on any atom is -0.469 e. The van der Waals surface area contributed by atoms with Crippen molar-refractivity contribution in [2.24, 2.45) is 28.9 Å². The number of esters is 1. The smallest absolute Gasteiger partial charge is 0.311 e. The summed E-state index contributed by atoms with van der Waals surface area (Å²) in [7, 11) is 1.51. The molecule has 0 aromatic carbocycles. The van der Waals surface area contributed by atoms with Gasteiger partial charge in [-0.15, -0.1) is 12.4 Å². The van der Waals surface area contributed by atoms with E-state index in [2.05, 4.69) is 0 Å². The van der Waals surface area contributed by atoms with E-state index in [0.717, 1.165) is 25.2 Å². The Morgan fingerprint density at radius 1 is 1.25 bits per heavy atom. The van der Waals surface area contributed by atoms with Crippen molar-refractivity contribution in [3.05, 3.63) is 0 Å². The standard InChI is InChI=1S/C12H19NO2.ClH/c1-15-11(14)12-4-7-2-8(5-12)10(13)9(3-7)6-12;/h7-10H,2-6,13H2,1H3;1H/t7?,8-,9-,10?,12?;/m0./s1. The van der Waals surface area contributed by atoms with Gasteiger partial charge >= 0.3 is 5.97 Å². The normalized spacial score (nSPS) is 48.6. The van der Waals surface area contributed by atoms with Gasteiger partial charge in [0.15, 0.2) is 0 Å². The van der Waals surface area contributed by atoms with Gasteiger partial charge in [-0.05, 0) is 49.9 Å². The van der Waals surface area contributed by atoms with Gasteiger partial charge in [0.2, 0.25) is 0 Å². The summed E-state index contributed by atoms with van der Waals surface area (Å²) >= 11 is 0. The van der Waals surface area contributed by atoms with E-state index in [4.69, 9.17) is 10.5 Å². The first-order chi connectivity index (χ1) is 7.14. The number of ether oxygens (including phenoxy) is 1. The van der Waals surface area contributed by atoms with Gasteiger partial charge in [-0.25, -0.2) is 0 Å². The number of halogens is 1. The van der Waals surface area contributed by atoms with Gasteiger partial charge in [0.25, 0.3) is 0 Å². The molecule has 92 valence electrons. The number of methoxy groups -OCH3 is 1. The highest BCUT2D eigenvalue weighted by molar-refractivity contribution is 5.85. The highest BCUT2D eigenvalue weighted by atomic mass is 35.5. The van der Waals surface area contributed by atoms with Gasteiger partial charge < -0.3 is 10.5 Å². The van der Waals surface area contributed by atoms with Gasteiger partial charge in [-0.1, -0.05) is 0 Å². The maximum absolute atomic E-state index is 11.9. The largest absolute Gasteiger partial charge is 0.469 e. The average molecular weight is 246 g/mol. The van der Waals surface area contributed by atoms with Crippen LogP contribution in [0.3, 0.4) is 0 Å². The van der Waals surface area contributed by atoms with Crippen LogP contribution < -0.4 is 5.73 Å². The highest BCUT2D eigenvalue weighted by Crippen LogP contribution is 2.59. The molecule has 0 aromatic heterocycles. The number of carbonyl (C=O) groups is 1. The fourth-order valence-electron chi connectivity index (χ4n) is 4.53. The van der Waals surface area contributed by atoms with E-state index in [1.807, 2.05) is 0 Å². The first-order valence-corrected chi connectivity index (χ1v) is 5.98. The minimum atomic E-state index is -0.152. The second-order valence-corrected chi connectivity index (χ2v) is 5.82. The Labute approximate surface area is 103 Å². The lowest BCUT2D eigenvalue weighted by Gasteiger charge is -2.57. The zero-order chi connectivity index (χ0) is 10.6. The molecular weight excluding hydrogens is 226 g/mol. The maximum Gasteiger partial charge on any atom is 0.311 e. The maximum atomic E-state index is 11.9. The molecule has 0 saturated heterocycles. The molecule has 4 rings (SSSR count). The van der Waals surface area contributed by atoms with Crippen molar-refractivity contribution in [3.8, 4) is 0 Å². The van der Waals surface area contributed by atoms with Crippen LogP contribution in [0.25, 0.3) is 0 Å². The molecule has 4 heteroatoms. The summed E-state index contributed by atoms with van der Waals surface area (Å²) in [4.78, 5) is 11.9. The zero-order valence-electron chi connectivity index (χ0n) is 9.65. The molecule has 0 aliphatic heterocycles. The van der Waals surface area contributed by atoms with Crippen LogP contribution in [0.1, 0.15) is 32.1 Å². The fourth-order valence-corrected chi connectivity index (χ4v) is 4.53. The predicted octanol–water partition coefficient (Wildman–Crippen LogP) is 1.73. The molecule has 2 atom stereocenters. The van der Waals surface area contributed by atoms with Crippen molar-refractivity contribution in [2.75, 3.05) is 7.11 Å². The van der Waals surface area contributed by atoms with Crippen molar-refractivity contribution in [2.45, 2.75) is 38.1 Å². The van der Waals surface area contributed by atoms with E-state index < -0.39 is 0 Å². The molecular formula is C12H20ClNO2. The number of hydrogen-bond acceptors (Lipinski definition) is 3. The van der Waals surface area contributed by atoms with Gasteiger partial charge in [-0.3, -0.25) is 4.79 Å². The van der Waals surface area contributed by atoms with Crippen molar-refractivity contribution in [1.82, 2.24) is 0 Å². The molecule has 0 unspecified atom stereocenters. The van der Waals surface area contributed by atoms with Gasteiger partial charge in [0.1, 0.15) is 0 Å². The topological polar surface area (TPSA) is 52.3 Å². The summed E-state index contributed by atoms with van der Waals surface area (Å²) in [5.41, 5.74) is 6.06. The van der Waals surface area contributed by atoms with Crippen molar-refractivity contribution in [3.63, 3.8) is 0 Å². The summed E-state index contributed by atoms with van der Waals surface area (Å²) in [6, 6.07) is 0.347. The van der Waals surface area contributed by atoms with Crippen molar-refractivity contribution >= 4 is 18.4 Å². The minimum absolute atomic E-state index is 0. The summed E-state index contributed by atoms with van der Waals surface area (Å²) < 4.78 is 4.99. The highest BCUT2D eigenvalue weighted by Gasteiger charge is 2.58. The van der Waals surface area contributed by atoms with Crippen LogP contribution in [0.4, 0.5) is 0 Å². The Morgan fingerprint density at radius 3 is 2.31 bits per heavy atom. The quantitative estimate of drug-likeness (QED) is 0.716. The van der Waals surface area contributed by atoms with Crippen LogP contribution in [0, 0.1) is 23.2 Å². The molecule has 4 bridgehead atoms. The SMILES string of the molecule is COC(=O)C12CC3C[C@@H](C1)C(N)[C@@H](C3)C2.Cl. The van der Waals surface area contributed by atoms with Crippen LogP contribution in [0.15, 0.2) is 0 Å². The van der Waals surface area contributed by atoms with E-state index in [0.29, 0.717) is 17.9 Å². The van der Waals surface area contributed by atoms with Crippen LogP contribution in [-0.2, 0) is 9.53 Å². The van der Waals surface area contributed by atoms with E-state index in [1.54, 1.807) is 0 Å². The molecule has 0 spiro atoms. The van der Waals surface area contributed by atoms with Crippen molar-refractivity contribution in [1.29, 1.82) is 0 Å². The van der Waals surface area contributed by atoms with Crippen LogP contribution in [0.2, 0.25) is 0 Å². The molecule has 0 amide bonds. The molecule has 4 saturated carbocycles. The third-order valence-electron chi connectivity index (χ3n) is 4.96. The molecule has 2 N–H and O–H groups in total. The molecule has 3 nitrogen and oxygen atoms in total. The lowest BCUT2D eigenvalue weighted by atomic mass is 9.48. The number of nitrogens with two attached hydrogens (primary N) is 1. The fraction of sp³-hybridized carbons (Fsp3) is 0.917. The van der Waals surface area contributed by atoms with E-state index >= 15 is 0 Å². The van der Waals surface area contributed by atoms with Crippen LogP contribution >= 0.6 is 12.4 Å².